The molecule has 0 amide bonds. The zero-order valence-electron chi connectivity index (χ0n) is 12.4. The minimum atomic E-state index is 0.596. The SMILES string of the molecule is Clc1ccc2c(c1)OCc1ccccc1C2=C1CCNCC1. The average Bonchev–Trinajstić information content (AvgIpc) is 2.72. The molecular weight excluding hydrogens is 294 g/mol. The standard InChI is InChI=1S/C19H18ClNO/c20-15-5-6-17-18(11-15)22-12-14-3-1-2-4-16(14)19(17)13-7-9-21-10-8-13/h1-6,11,21H,7-10,12H2. The van der Waals surface area contributed by atoms with E-state index < -0.39 is 0 Å². The number of hydrogen-bond donors (Lipinski definition) is 1. The normalized spacial score (nSPS) is 17.3. The second-order valence-corrected chi connectivity index (χ2v) is 6.25. The van der Waals surface area contributed by atoms with Crippen molar-refractivity contribution >= 4 is 17.2 Å². The molecule has 2 nitrogen and oxygen atoms in total. The van der Waals surface area contributed by atoms with Gasteiger partial charge in [0.1, 0.15) is 12.4 Å². The molecule has 1 N–H and O–H groups in total. The third-order valence-corrected chi connectivity index (χ3v) is 4.68. The molecule has 2 heterocycles. The van der Waals surface area contributed by atoms with Gasteiger partial charge in [0.05, 0.1) is 0 Å². The zero-order chi connectivity index (χ0) is 14.9. The van der Waals surface area contributed by atoms with Crippen molar-refractivity contribution in [3.05, 3.63) is 69.8 Å². The van der Waals surface area contributed by atoms with Crippen LogP contribution in [0.3, 0.4) is 0 Å². The Kier molecular flexibility index (Phi) is 3.65. The van der Waals surface area contributed by atoms with Gasteiger partial charge in [-0.2, -0.15) is 0 Å². The molecule has 0 aliphatic carbocycles. The molecule has 4 rings (SSSR count). The van der Waals surface area contributed by atoms with Crippen LogP contribution in [0.15, 0.2) is 48.0 Å². The predicted octanol–water partition coefficient (Wildman–Crippen LogP) is 4.42. The van der Waals surface area contributed by atoms with Crippen molar-refractivity contribution < 1.29 is 4.74 Å². The van der Waals surface area contributed by atoms with Crippen LogP contribution in [0.25, 0.3) is 5.57 Å². The third kappa shape index (κ3) is 2.43. The first-order valence-electron chi connectivity index (χ1n) is 7.76. The zero-order valence-corrected chi connectivity index (χ0v) is 13.1. The van der Waals surface area contributed by atoms with Crippen LogP contribution in [0, 0.1) is 0 Å². The van der Waals surface area contributed by atoms with Gasteiger partial charge in [0, 0.05) is 10.6 Å². The second-order valence-electron chi connectivity index (χ2n) is 5.81. The van der Waals surface area contributed by atoms with Crippen LogP contribution < -0.4 is 10.1 Å². The molecule has 2 aliphatic rings. The van der Waals surface area contributed by atoms with E-state index in [-0.39, 0.29) is 0 Å². The molecular formula is C19H18ClNO. The number of rotatable bonds is 0. The molecule has 2 aromatic carbocycles. The maximum atomic E-state index is 6.17. The summed E-state index contributed by atoms with van der Waals surface area (Å²) in [6.45, 7) is 2.69. The average molecular weight is 312 g/mol. The van der Waals surface area contributed by atoms with Gasteiger partial charge in [0.2, 0.25) is 0 Å². The van der Waals surface area contributed by atoms with E-state index >= 15 is 0 Å². The summed E-state index contributed by atoms with van der Waals surface area (Å²) in [6.07, 6.45) is 2.18. The lowest BCUT2D eigenvalue weighted by Crippen LogP contribution is -2.23. The molecule has 0 radical (unpaired) electrons. The summed E-state index contributed by atoms with van der Waals surface area (Å²) in [5.74, 6) is 0.893. The Bertz CT molecular complexity index is 743. The lowest BCUT2D eigenvalue weighted by molar-refractivity contribution is 0.307. The maximum absolute atomic E-state index is 6.17. The molecule has 1 saturated heterocycles. The first kappa shape index (κ1) is 13.9. The van der Waals surface area contributed by atoms with E-state index in [4.69, 9.17) is 16.3 Å². The number of piperidine rings is 1. The minimum absolute atomic E-state index is 0.596. The summed E-state index contributed by atoms with van der Waals surface area (Å²) in [5, 5.41) is 4.16. The molecule has 22 heavy (non-hydrogen) atoms. The van der Waals surface area contributed by atoms with Crippen LogP contribution in [0.1, 0.15) is 29.5 Å². The highest BCUT2D eigenvalue weighted by atomic mass is 35.5. The Balaban J connectivity index is 1.98. The predicted molar refractivity (Wildman–Crippen MR) is 90.4 cm³/mol. The van der Waals surface area contributed by atoms with Crippen LogP contribution in [-0.2, 0) is 6.61 Å². The topological polar surface area (TPSA) is 21.3 Å². The van der Waals surface area contributed by atoms with Crippen molar-refractivity contribution in [2.75, 3.05) is 13.1 Å². The second kappa shape index (κ2) is 5.79. The third-order valence-electron chi connectivity index (χ3n) is 4.44. The van der Waals surface area contributed by atoms with Crippen molar-refractivity contribution in [2.45, 2.75) is 19.4 Å². The Hall–Kier alpha value is -1.77. The van der Waals surface area contributed by atoms with Crippen LogP contribution >= 0.6 is 11.6 Å². The Morgan fingerprint density at radius 3 is 2.64 bits per heavy atom. The van der Waals surface area contributed by atoms with Gasteiger partial charge in [-0.05, 0) is 60.8 Å². The molecule has 0 bridgehead atoms. The molecule has 3 heteroatoms. The van der Waals surface area contributed by atoms with E-state index in [1.54, 1.807) is 0 Å². The van der Waals surface area contributed by atoms with Crippen LogP contribution in [0.5, 0.6) is 5.75 Å². The molecule has 0 saturated carbocycles. The maximum Gasteiger partial charge on any atom is 0.129 e. The van der Waals surface area contributed by atoms with Crippen LogP contribution in [0.4, 0.5) is 0 Å². The molecule has 2 aromatic rings. The van der Waals surface area contributed by atoms with Crippen molar-refractivity contribution in [1.82, 2.24) is 5.32 Å². The van der Waals surface area contributed by atoms with Gasteiger partial charge in [0.25, 0.3) is 0 Å². The number of halogens is 1. The molecule has 2 aliphatic heterocycles. The highest BCUT2D eigenvalue weighted by Crippen LogP contribution is 2.41. The molecule has 1 fully saturated rings. The van der Waals surface area contributed by atoms with Crippen molar-refractivity contribution in [2.24, 2.45) is 0 Å². The molecule has 0 unspecified atom stereocenters. The fourth-order valence-electron chi connectivity index (χ4n) is 3.37. The van der Waals surface area contributed by atoms with E-state index in [2.05, 4.69) is 35.6 Å². The van der Waals surface area contributed by atoms with E-state index in [0.29, 0.717) is 6.61 Å². The summed E-state index contributed by atoms with van der Waals surface area (Å²) in [4.78, 5) is 0. The Labute approximate surface area is 135 Å². The van der Waals surface area contributed by atoms with Crippen molar-refractivity contribution in [3.8, 4) is 5.75 Å². The number of ether oxygens (including phenoxy) is 1. The summed E-state index contributed by atoms with van der Waals surface area (Å²) in [5.41, 5.74) is 6.59. The Morgan fingerprint density at radius 1 is 0.955 bits per heavy atom. The van der Waals surface area contributed by atoms with Crippen LogP contribution in [0.2, 0.25) is 5.02 Å². The van der Waals surface area contributed by atoms with Gasteiger partial charge >= 0.3 is 0 Å². The summed E-state index contributed by atoms with van der Waals surface area (Å²) < 4.78 is 6.04. The van der Waals surface area contributed by atoms with E-state index in [1.807, 2.05) is 12.1 Å². The largest absolute Gasteiger partial charge is 0.488 e. The van der Waals surface area contributed by atoms with Gasteiger partial charge in [-0.15, -0.1) is 0 Å². The first-order chi connectivity index (χ1) is 10.8. The summed E-state index contributed by atoms with van der Waals surface area (Å²) in [6, 6.07) is 14.6. The quantitative estimate of drug-likeness (QED) is 0.777. The lowest BCUT2D eigenvalue weighted by atomic mass is 9.87. The molecule has 0 atom stereocenters. The van der Waals surface area contributed by atoms with Gasteiger partial charge in [-0.25, -0.2) is 0 Å². The number of benzene rings is 2. The van der Waals surface area contributed by atoms with E-state index in [0.717, 1.165) is 36.7 Å². The van der Waals surface area contributed by atoms with Gasteiger partial charge in [-0.3, -0.25) is 0 Å². The van der Waals surface area contributed by atoms with Crippen LogP contribution in [-0.4, -0.2) is 13.1 Å². The van der Waals surface area contributed by atoms with E-state index in [9.17, 15) is 0 Å². The highest BCUT2D eigenvalue weighted by molar-refractivity contribution is 6.30. The number of nitrogens with one attached hydrogen (secondary N) is 1. The van der Waals surface area contributed by atoms with Gasteiger partial charge in [0.15, 0.2) is 0 Å². The number of hydrogen-bond acceptors (Lipinski definition) is 2. The molecule has 0 aromatic heterocycles. The molecule has 112 valence electrons. The lowest BCUT2D eigenvalue weighted by Gasteiger charge is -2.21. The fraction of sp³-hybridized carbons (Fsp3) is 0.263. The monoisotopic (exact) mass is 311 g/mol. The van der Waals surface area contributed by atoms with Crippen molar-refractivity contribution in [3.63, 3.8) is 0 Å². The Morgan fingerprint density at radius 2 is 1.77 bits per heavy atom. The van der Waals surface area contributed by atoms with E-state index in [1.165, 1.54) is 27.8 Å². The summed E-state index contributed by atoms with van der Waals surface area (Å²) in [7, 11) is 0. The number of fused-ring (bicyclic) bond motifs is 2. The highest BCUT2D eigenvalue weighted by Gasteiger charge is 2.23. The first-order valence-corrected chi connectivity index (χ1v) is 8.14. The molecule has 0 spiro atoms. The van der Waals surface area contributed by atoms with Gasteiger partial charge in [-0.1, -0.05) is 41.4 Å². The smallest absolute Gasteiger partial charge is 0.129 e. The fourth-order valence-corrected chi connectivity index (χ4v) is 3.53. The van der Waals surface area contributed by atoms with Gasteiger partial charge < -0.3 is 10.1 Å². The van der Waals surface area contributed by atoms with Crippen molar-refractivity contribution in [1.29, 1.82) is 0 Å². The summed E-state index contributed by atoms with van der Waals surface area (Å²) >= 11 is 6.17. The minimum Gasteiger partial charge on any atom is -0.488 e.